The second-order valence-electron chi connectivity index (χ2n) is 5.37. The average Bonchev–Trinajstić information content (AvgIpc) is 2.99. The Bertz CT molecular complexity index is 631. The van der Waals surface area contributed by atoms with Crippen molar-refractivity contribution in [3.05, 3.63) is 30.1 Å². The summed E-state index contributed by atoms with van der Waals surface area (Å²) in [7, 11) is -1.99. The highest BCUT2D eigenvalue weighted by atomic mass is 127. The molecule has 2 N–H and O–H groups in total. The summed E-state index contributed by atoms with van der Waals surface area (Å²) in [5.74, 6) is -0.300. The Hall–Kier alpha value is -0.900. The standard InChI is InChI=1S/C15H22FN3O2S.HI/c1-17-15(19-12-6-2-3-7-12)18-10-11-22(20,21)14-9-5-4-8-13(14)16;/h4-5,8-9,12H,2-3,6-7,10-11H2,1H3,(H2,17,18,19);1H. The van der Waals surface area contributed by atoms with E-state index in [0.717, 1.165) is 18.9 Å². The number of hydrogen-bond acceptors (Lipinski definition) is 3. The number of benzene rings is 1. The van der Waals surface area contributed by atoms with E-state index in [1.165, 1.54) is 31.0 Å². The molecule has 0 unspecified atom stereocenters. The van der Waals surface area contributed by atoms with Gasteiger partial charge >= 0.3 is 0 Å². The van der Waals surface area contributed by atoms with E-state index >= 15 is 0 Å². The van der Waals surface area contributed by atoms with E-state index in [1.807, 2.05) is 0 Å². The van der Waals surface area contributed by atoms with Gasteiger partial charge < -0.3 is 10.6 Å². The second-order valence-corrected chi connectivity index (χ2v) is 7.45. The van der Waals surface area contributed by atoms with Gasteiger partial charge in [-0.15, -0.1) is 24.0 Å². The SMILES string of the molecule is CN=C(NCCS(=O)(=O)c1ccccc1F)NC1CCCC1.I. The molecule has 0 heterocycles. The lowest BCUT2D eigenvalue weighted by atomic mass is 10.2. The fraction of sp³-hybridized carbons (Fsp3) is 0.533. The Kier molecular flexibility index (Phi) is 8.24. The Morgan fingerprint density at radius 3 is 2.57 bits per heavy atom. The molecule has 1 aliphatic carbocycles. The zero-order valence-corrected chi connectivity index (χ0v) is 16.2. The zero-order chi connectivity index (χ0) is 16.0. The lowest BCUT2D eigenvalue weighted by Gasteiger charge is -2.16. The molecule has 0 saturated heterocycles. The third kappa shape index (κ3) is 5.91. The van der Waals surface area contributed by atoms with Crippen LogP contribution in [0.15, 0.2) is 34.2 Å². The summed E-state index contributed by atoms with van der Waals surface area (Å²) in [4.78, 5) is 3.83. The van der Waals surface area contributed by atoms with Crippen molar-refractivity contribution in [2.24, 2.45) is 4.99 Å². The van der Waals surface area contributed by atoms with Gasteiger partial charge in [0.2, 0.25) is 0 Å². The molecule has 0 spiro atoms. The van der Waals surface area contributed by atoms with E-state index in [1.54, 1.807) is 7.05 Å². The minimum atomic E-state index is -3.64. The predicted molar refractivity (Wildman–Crippen MR) is 101 cm³/mol. The van der Waals surface area contributed by atoms with Crippen LogP contribution < -0.4 is 10.6 Å². The van der Waals surface area contributed by atoms with Gasteiger partial charge in [0.05, 0.1) is 5.75 Å². The van der Waals surface area contributed by atoms with Gasteiger partial charge in [0.15, 0.2) is 15.8 Å². The van der Waals surface area contributed by atoms with E-state index in [-0.39, 0.29) is 41.2 Å². The van der Waals surface area contributed by atoms with Gasteiger partial charge in [-0.25, -0.2) is 12.8 Å². The van der Waals surface area contributed by atoms with E-state index in [0.29, 0.717) is 12.0 Å². The van der Waals surface area contributed by atoms with E-state index in [2.05, 4.69) is 15.6 Å². The minimum Gasteiger partial charge on any atom is -0.355 e. The molecule has 8 heteroatoms. The smallest absolute Gasteiger partial charge is 0.191 e. The molecule has 1 aliphatic rings. The quantitative estimate of drug-likeness (QED) is 0.406. The first kappa shape index (κ1) is 20.1. The number of rotatable bonds is 5. The Morgan fingerprint density at radius 1 is 1.30 bits per heavy atom. The molecule has 0 radical (unpaired) electrons. The molecule has 0 amide bonds. The Balaban J connectivity index is 0.00000264. The summed E-state index contributed by atoms with van der Waals surface area (Å²) in [6.07, 6.45) is 4.62. The molecule has 2 rings (SSSR count). The maximum Gasteiger partial charge on any atom is 0.191 e. The maximum absolute atomic E-state index is 13.6. The third-order valence-electron chi connectivity index (χ3n) is 3.75. The van der Waals surface area contributed by atoms with Crippen molar-refractivity contribution >= 4 is 39.8 Å². The van der Waals surface area contributed by atoms with Crippen molar-refractivity contribution in [1.29, 1.82) is 0 Å². The number of sulfone groups is 1. The third-order valence-corrected chi connectivity index (χ3v) is 5.50. The molecule has 23 heavy (non-hydrogen) atoms. The number of hydrogen-bond donors (Lipinski definition) is 2. The highest BCUT2D eigenvalue weighted by Gasteiger charge is 2.19. The first-order chi connectivity index (χ1) is 10.5. The van der Waals surface area contributed by atoms with Crippen LogP contribution in [0.1, 0.15) is 25.7 Å². The van der Waals surface area contributed by atoms with Crippen LogP contribution in [0.3, 0.4) is 0 Å². The van der Waals surface area contributed by atoms with Crippen molar-refractivity contribution in [1.82, 2.24) is 10.6 Å². The molecule has 0 aliphatic heterocycles. The van der Waals surface area contributed by atoms with Crippen LogP contribution in [0.4, 0.5) is 4.39 Å². The highest BCUT2D eigenvalue weighted by molar-refractivity contribution is 14.0. The van der Waals surface area contributed by atoms with Crippen LogP contribution in [0.2, 0.25) is 0 Å². The zero-order valence-electron chi connectivity index (χ0n) is 13.1. The number of nitrogens with zero attached hydrogens (tertiary/aromatic N) is 1. The highest BCUT2D eigenvalue weighted by Crippen LogP contribution is 2.17. The fourth-order valence-corrected chi connectivity index (χ4v) is 3.81. The van der Waals surface area contributed by atoms with Gasteiger partial charge in [-0.2, -0.15) is 0 Å². The van der Waals surface area contributed by atoms with Gasteiger partial charge in [-0.05, 0) is 25.0 Å². The topological polar surface area (TPSA) is 70.6 Å². The van der Waals surface area contributed by atoms with Crippen molar-refractivity contribution in [2.75, 3.05) is 19.3 Å². The van der Waals surface area contributed by atoms with Crippen molar-refractivity contribution in [2.45, 2.75) is 36.6 Å². The molecular formula is C15H23FIN3O2S. The molecule has 0 aromatic heterocycles. The maximum atomic E-state index is 13.6. The summed E-state index contributed by atoms with van der Waals surface area (Å²) in [6, 6.07) is 5.83. The minimum absolute atomic E-state index is 0. The van der Waals surface area contributed by atoms with Crippen LogP contribution in [-0.2, 0) is 9.84 Å². The van der Waals surface area contributed by atoms with Crippen LogP contribution in [0.5, 0.6) is 0 Å². The van der Waals surface area contributed by atoms with E-state index in [9.17, 15) is 12.8 Å². The van der Waals surface area contributed by atoms with Gasteiger partial charge in [-0.1, -0.05) is 25.0 Å². The largest absolute Gasteiger partial charge is 0.355 e. The number of halogens is 2. The number of nitrogens with one attached hydrogen (secondary N) is 2. The molecule has 5 nitrogen and oxygen atoms in total. The fourth-order valence-electron chi connectivity index (χ4n) is 2.57. The summed E-state index contributed by atoms with van der Waals surface area (Å²) >= 11 is 0. The van der Waals surface area contributed by atoms with Crippen LogP contribution >= 0.6 is 24.0 Å². The molecule has 1 aromatic carbocycles. The summed E-state index contributed by atoms with van der Waals surface area (Å²) < 4.78 is 37.8. The van der Waals surface area contributed by atoms with Gasteiger partial charge in [-0.3, -0.25) is 4.99 Å². The monoisotopic (exact) mass is 455 g/mol. The second kappa shape index (κ2) is 9.41. The summed E-state index contributed by atoms with van der Waals surface area (Å²) in [5, 5.41) is 6.25. The molecule has 0 atom stereocenters. The first-order valence-corrected chi connectivity index (χ1v) is 9.12. The van der Waals surface area contributed by atoms with Crippen LogP contribution in [-0.4, -0.2) is 39.8 Å². The summed E-state index contributed by atoms with van der Waals surface area (Å²) in [5.41, 5.74) is 0. The van der Waals surface area contributed by atoms with Gasteiger partial charge in [0.25, 0.3) is 0 Å². The van der Waals surface area contributed by atoms with Crippen LogP contribution in [0.25, 0.3) is 0 Å². The van der Waals surface area contributed by atoms with E-state index < -0.39 is 15.7 Å². The lowest BCUT2D eigenvalue weighted by Crippen LogP contribution is -2.43. The first-order valence-electron chi connectivity index (χ1n) is 7.47. The van der Waals surface area contributed by atoms with E-state index in [4.69, 9.17) is 0 Å². The Morgan fingerprint density at radius 2 is 1.96 bits per heavy atom. The normalized spacial score (nSPS) is 16.0. The molecule has 1 fully saturated rings. The molecular weight excluding hydrogens is 432 g/mol. The van der Waals surface area contributed by atoms with Crippen molar-refractivity contribution in [3.8, 4) is 0 Å². The molecule has 130 valence electrons. The van der Waals surface area contributed by atoms with Crippen molar-refractivity contribution < 1.29 is 12.8 Å². The molecule has 1 aromatic rings. The van der Waals surface area contributed by atoms with Gasteiger partial charge in [0.1, 0.15) is 10.7 Å². The molecule has 1 saturated carbocycles. The predicted octanol–water partition coefficient (Wildman–Crippen LogP) is 2.33. The number of guanidine groups is 1. The number of aliphatic imine (C=N–C) groups is 1. The van der Waals surface area contributed by atoms with Gasteiger partial charge in [0, 0.05) is 19.6 Å². The lowest BCUT2D eigenvalue weighted by molar-refractivity contribution is 0.565. The summed E-state index contributed by atoms with van der Waals surface area (Å²) in [6.45, 7) is 0.184. The van der Waals surface area contributed by atoms with Crippen molar-refractivity contribution in [3.63, 3.8) is 0 Å². The Labute approximate surface area is 154 Å². The molecule has 0 bridgehead atoms. The van der Waals surface area contributed by atoms with Crippen LogP contribution in [0, 0.1) is 5.82 Å². The average molecular weight is 455 g/mol.